The van der Waals surface area contributed by atoms with Gasteiger partial charge in [0.2, 0.25) is 0 Å². The third-order valence-corrected chi connectivity index (χ3v) is 3.51. The number of halogens is 2. The van der Waals surface area contributed by atoms with Crippen molar-refractivity contribution in [2.45, 2.75) is 0 Å². The van der Waals surface area contributed by atoms with Gasteiger partial charge < -0.3 is 9.84 Å². The molecule has 0 saturated carbocycles. The minimum atomic E-state index is -0.732. The molecule has 0 aromatic heterocycles. The second-order valence-corrected chi connectivity index (χ2v) is 5.47. The first-order chi connectivity index (χ1) is 10.4. The predicted octanol–water partition coefficient (Wildman–Crippen LogP) is 3.84. The standard InChI is InChI=1S/C14H10BrClN2O4/c1-22-14-10(16)3-2-4-11(14)17-7-8-5-9(15)6-12(13(8)19)18(20)21/h2-7,19H,1H3/p-1. The van der Waals surface area contributed by atoms with Gasteiger partial charge in [0.05, 0.1) is 17.1 Å². The number of hydrogen-bond donors (Lipinski definition) is 0. The van der Waals surface area contributed by atoms with Gasteiger partial charge in [0.1, 0.15) is 5.69 Å². The van der Waals surface area contributed by atoms with Crippen molar-refractivity contribution in [3.8, 4) is 11.5 Å². The van der Waals surface area contributed by atoms with Crippen LogP contribution in [-0.2, 0) is 0 Å². The molecule has 0 radical (unpaired) electrons. The molecule has 0 saturated heterocycles. The van der Waals surface area contributed by atoms with Gasteiger partial charge in [-0.15, -0.1) is 0 Å². The summed E-state index contributed by atoms with van der Waals surface area (Å²) in [6.07, 6.45) is 1.24. The molecule has 0 amide bonds. The number of benzene rings is 2. The molecular weight excluding hydrogens is 376 g/mol. The molecule has 0 aliphatic rings. The van der Waals surface area contributed by atoms with Crippen molar-refractivity contribution in [3.05, 3.63) is 55.5 Å². The molecular formula is C14H9BrClN2O4-. The first-order valence-corrected chi connectivity index (χ1v) is 7.12. The summed E-state index contributed by atoms with van der Waals surface area (Å²) in [5.41, 5.74) is -0.0194. The highest BCUT2D eigenvalue weighted by Crippen LogP contribution is 2.35. The van der Waals surface area contributed by atoms with E-state index in [2.05, 4.69) is 20.9 Å². The molecule has 8 heteroatoms. The lowest BCUT2D eigenvalue weighted by Gasteiger charge is -2.11. The number of rotatable bonds is 4. The van der Waals surface area contributed by atoms with Crippen molar-refractivity contribution in [1.82, 2.24) is 0 Å². The summed E-state index contributed by atoms with van der Waals surface area (Å²) in [4.78, 5) is 14.2. The van der Waals surface area contributed by atoms with Crippen LogP contribution in [0, 0.1) is 10.1 Å². The van der Waals surface area contributed by atoms with Gasteiger partial charge in [-0.3, -0.25) is 15.1 Å². The minimum Gasteiger partial charge on any atom is -0.867 e. The van der Waals surface area contributed by atoms with Crippen molar-refractivity contribution in [2.75, 3.05) is 7.11 Å². The first-order valence-electron chi connectivity index (χ1n) is 5.95. The van der Waals surface area contributed by atoms with Crippen molar-refractivity contribution < 1.29 is 14.8 Å². The quantitative estimate of drug-likeness (QED) is 0.455. The summed E-state index contributed by atoms with van der Waals surface area (Å²) >= 11 is 9.11. The van der Waals surface area contributed by atoms with Crippen LogP contribution in [-0.4, -0.2) is 18.2 Å². The van der Waals surface area contributed by atoms with Gasteiger partial charge in [0.15, 0.2) is 5.75 Å². The van der Waals surface area contributed by atoms with Crippen LogP contribution in [0.1, 0.15) is 5.56 Å². The lowest BCUT2D eigenvalue weighted by Crippen LogP contribution is -2.02. The lowest BCUT2D eigenvalue weighted by atomic mass is 10.2. The molecule has 0 spiro atoms. The molecule has 6 nitrogen and oxygen atoms in total. The average Bonchev–Trinajstić information content (AvgIpc) is 2.47. The van der Waals surface area contributed by atoms with Crippen molar-refractivity contribution in [1.29, 1.82) is 0 Å². The van der Waals surface area contributed by atoms with Crippen LogP contribution in [0.2, 0.25) is 5.02 Å². The molecule has 0 fully saturated rings. The Morgan fingerprint density at radius 3 is 2.77 bits per heavy atom. The normalized spacial score (nSPS) is 10.9. The van der Waals surface area contributed by atoms with Crippen LogP contribution in [0.4, 0.5) is 11.4 Å². The molecule has 22 heavy (non-hydrogen) atoms. The van der Waals surface area contributed by atoms with E-state index in [9.17, 15) is 15.2 Å². The molecule has 0 atom stereocenters. The fourth-order valence-corrected chi connectivity index (χ4v) is 2.48. The molecule has 0 bridgehead atoms. The average molecular weight is 385 g/mol. The number of nitro benzene ring substituents is 1. The molecule has 0 heterocycles. The van der Waals surface area contributed by atoms with Crippen LogP contribution >= 0.6 is 27.5 Å². The van der Waals surface area contributed by atoms with Gasteiger partial charge in [0, 0.05) is 16.8 Å². The van der Waals surface area contributed by atoms with Gasteiger partial charge >= 0.3 is 0 Å². The summed E-state index contributed by atoms with van der Waals surface area (Å²) in [5, 5.41) is 23.2. The third kappa shape index (κ3) is 3.37. The van der Waals surface area contributed by atoms with Crippen molar-refractivity contribution in [3.63, 3.8) is 0 Å². The van der Waals surface area contributed by atoms with E-state index in [4.69, 9.17) is 16.3 Å². The zero-order valence-corrected chi connectivity index (χ0v) is 13.6. The Bertz CT molecular complexity index is 765. The van der Waals surface area contributed by atoms with Crippen LogP contribution in [0.3, 0.4) is 0 Å². The van der Waals surface area contributed by atoms with E-state index < -0.39 is 16.4 Å². The Morgan fingerprint density at radius 1 is 1.41 bits per heavy atom. The number of hydrogen-bond acceptors (Lipinski definition) is 5. The molecule has 114 valence electrons. The van der Waals surface area contributed by atoms with Gasteiger partial charge in [-0.05, 0) is 29.5 Å². The minimum absolute atomic E-state index is 0.0862. The maximum Gasteiger partial charge on any atom is 0.263 e. The van der Waals surface area contributed by atoms with Gasteiger partial charge in [-0.25, -0.2) is 0 Å². The predicted molar refractivity (Wildman–Crippen MR) is 85.5 cm³/mol. The second kappa shape index (κ2) is 6.76. The summed E-state index contributed by atoms with van der Waals surface area (Å²) in [6.45, 7) is 0. The van der Waals surface area contributed by atoms with Crippen molar-refractivity contribution in [2.24, 2.45) is 4.99 Å². The number of aliphatic imine (C=N–C) groups is 1. The van der Waals surface area contributed by atoms with E-state index in [0.717, 1.165) is 6.07 Å². The molecule has 2 aromatic carbocycles. The molecule has 0 aliphatic carbocycles. The number of para-hydroxylation sites is 1. The van der Waals surface area contributed by atoms with E-state index in [1.165, 1.54) is 19.4 Å². The van der Waals surface area contributed by atoms with Crippen LogP contribution in [0.15, 0.2) is 39.8 Å². The maximum absolute atomic E-state index is 12.0. The topological polar surface area (TPSA) is 87.8 Å². The molecule has 0 unspecified atom stereocenters. The number of ether oxygens (including phenoxy) is 1. The van der Waals surface area contributed by atoms with Gasteiger partial charge in [-0.1, -0.05) is 33.6 Å². The number of nitrogens with zero attached hydrogens (tertiary/aromatic N) is 2. The van der Waals surface area contributed by atoms with Crippen LogP contribution in [0.25, 0.3) is 0 Å². The van der Waals surface area contributed by atoms with Crippen LogP contribution < -0.4 is 9.84 Å². The smallest absolute Gasteiger partial charge is 0.263 e. The largest absolute Gasteiger partial charge is 0.867 e. The maximum atomic E-state index is 12.0. The monoisotopic (exact) mass is 383 g/mol. The summed E-state index contributed by atoms with van der Waals surface area (Å²) in [5.74, 6) is -0.352. The lowest BCUT2D eigenvalue weighted by molar-refractivity contribution is -0.398. The first kappa shape index (κ1) is 16.3. The fourth-order valence-electron chi connectivity index (χ4n) is 1.77. The summed E-state index contributed by atoms with van der Waals surface area (Å²) in [7, 11) is 1.45. The molecule has 0 N–H and O–H groups in total. The third-order valence-electron chi connectivity index (χ3n) is 2.75. The van der Waals surface area contributed by atoms with Gasteiger partial charge in [-0.2, -0.15) is 0 Å². The second-order valence-electron chi connectivity index (χ2n) is 4.15. The zero-order valence-electron chi connectivity index (χ0n) is 11.2. The molecule has 0 aliphatic heterocycles. The van der Waals surface area contributed by atoms with E-state index in [1.807, 2.05) is 0 Å². The number of nitro groups is 1. The SMILES string of the molecule is COc1c(Cl)cccc1N=Cc1cc(Br)cc([N+](=O)[O-])c1[O-]. The Hall–Kier alpha value is -2.12. The van der Waals surface area contributed by atoms with Crippen molar-refractivity contribution >= 4 is 45.1 Å². The Morgan fingerprint density at radius 2 is 2.14 bits per heavy atom. The number of methoxy groups -OCH3 is 1. The van der Waals surface area contributed by atoms with E-state index in [0.29, 0.717) is 20.9 Å². The summed E-state index contributed by atoms with van der Waals surface area (Å²) in [6, 6.07) is 7.58. The molecule has 2 aromatic rings. The Labute approximate surface area is 139 Å². The van der Waals surface area contributed by atoms with E-state index in [1.54, 1.807) is 18.2 Å². The fraction of sp³-hybridized carbons (Fsp3) is 0.0714. The Balaban J connectivity index is 2.47. The van der Waals surface area contributed by atoms with Gasteiger partial charge in [0.25, 0.3) is 5.69 Å². The Kier molecular flexibility index (Phi) is 4.99. The van der Waals surface area contributed by atoms with E-state index >= 15 is 0 Å². The summed E-state index contributed by atoms with van der Waals surface area (Å²) < 4.78 is 5.55. The highest BCUT2D eigenvalue weighted by atomic mass is 79.9. The molecule has 2 rings (SSSR count). The van der Waals surface area contributed by atoms with Crippen LogP contribution in [0.5, 0.6) is 11.5 Å². The van der Waals surface area contributed by atoms with E-state index in [-0.39, 0.29) is 5.56 Å². The zero-order chi connectivity index (χ0) is 16.3. The highest BCUT2D eigenvalue weighted by Gasteiger charge is 2.11. The highest BCUT2D eigenvalue weighted by molar-refractivity contribution is 9.10.